The molecule has 5 heteroatoms. The number of piperidine rings is 1. The van der Waals surface area contributed by atoms with Crippen LogP contribution in [0.1, 0.15) is 12.8 Å². The molecule has 2 saturated heterocycles. The van der Waals surface area contributed by atoms with Gasteiger partial charge in [-0.25, -0.2) is 4.79 Å². The Bertz CT molecular complexity index is 364. The first-order valence-electron chi connectivity index (χ1n) is 5.35. The van der Waals surface area contributed by atoms with Crippen molar-refractivity contribution in [2.24, 2.45) is 0 Å². The maximum atomic E-state index is 12.1. The number of likely N-dealkylation sites (tertiary alicyclic amines) is 1. The first kappa shape index (κ1) is 11.0. The minimum absolute atomic E-state index is 0.0578. The molecular weight excluding hydrogens is 206 g/mol. The molecule has 0 aromatic heterocycles. The third kappa shape index (κ3) is 1.55. The smallest absolute Gasteiger partial charge is 0.323 e. The van der Waals surface area contributed by atoms with E-state index >= 15 is 0 Å². The van der Waals surface area contributed by atoms with Crippen LogP contribution in [0.5, 0.6) is 0 Å². The van der Waals surface area contributed by atoms with Gasteiger partial charge in [-0.3, -0.25) is 9.69 Å². The molecule has 86 valence electrons. The zero-order chi connectivity index (χ0) is 11.8. The molecule has 1 spiro atoms. The molecule has 1 N–H and O–H groups in total. The summed E-state index contributed by atoms with van der Waals surface area (Å²) in [6.07, 6.45) is 6.46. The monoisotopic (exact) mass is 221 g/mol. The highest BCUT2D eigenvalue weighted by Gasteiger charge is 2.51. The van der Waals surface area contributed by atoms with E-state index in [4.69, 9.17) is 6.42 Å². The Morgan fingerprint density at radius 1 is 1.44 bits per heavy atom. The number of nitrogens with one attached hydrogen (secondary N) is 1. The third-order valence-electron chi connectivity index (χ3n) is 3.34. The van der Waals surface area contributed by atoms with Crippen molar-refractivity contribution >= 4 is 11.9 Å². The van der Waals surface area contributed by atoms with Crippen LogP contribution in [0.15, 0.2) is 0 Å². The molecule has 0 saturated carbocycles. The minimum atomic E-state index is -0.694. The molecule has 0 bridgehead atoms. The van der Waals surface area contributed by atoms with E-state index in [2.05, 4.69) is 16.1 Å². The molecule has 2 rings (SSSR count). The molecule has 2 aliphatic heterocycles. The Morgan fingerprint density at radius 2 is 2.06 bits per heavy atom. The van der Waals surface area contributed by atoms with Crippen LogP contribution in [-0.2, 0) is 4.79 Å². The van der Waals surface area contributed by atoms with Crippen molar-refractivity contribution in [3.8, 4) is 12.3 Å². The van der Waals surface area contributed by atoms with E-state index in [0.717, 1.165) is 18.0 Å². The number of carbonyl (C=O) groups is 2. The Labute approximate surface area is 94.8 Å². The van der Waals surface area contributed by atoms with E-state index in [1.165, 1.54) is 0 Å². The molecule has 2 fully saturated rings. The molecule has 16 heavy (non-hydrogen) atoms. The molecule has 0 aromatic carbocycles. The van der Waals surface area contributed by atoms with Gasteiger partial charge in [-0.15, -0.1) is 6.42 Å². The van der Waals surface area contributed by atoms with Crippen molar-refractivity contribution in [2.75, 3.05) is 26.7 Å². The van der Waals surface area contributed by atoms with Crippen LogP contribution in [0.25, 0.3) is 0 Å². The number of urea groups is 1. The second-order valence-electron chi connectivity index (χ2n) is 4.41. The average Bonchev–Trinajstić information content (AvgIpc) is 2.49. The zero-order valence-electron chi connectivity index (χ0n) is 9.32. The minimum Gasteiger partial charge on any atom is -0.323 e. The number of rotatable bonds is 1. The summed E-state index contributed by atoms with van der Waals surface area (Å²) in [4.78, 5) is 27.0. The first-order valence-corrected chi connectivity index (χ1v) is 5.35. The van der Waals surface area contributed by atoms with Gasteiger partial charge < -0.3 is 10.2 Å². The normalized spacial score (nSPS) is 24.6. The number of hydrogen-bond acceptors (Lipinski definition) is 3. The molecule has 0 aliphatic carbocycles. The fourth-order valence-electron chi connectivity index (χ4n) is 2.25. The van der Waals surface area contributed by atoms with Crippen LogP contribution in [0, 0.1) is 12.3 Å². The molecule has 0 aromatic rings. The van der Waals surface area contributed by atoms with Crippen LogP contribution in [-0.4, -0.2) is 54.0 Å². The van der Waals surface area contributed by atoms with Crippen molar-refractivity contribution in [1.29, 1.82) is 0 Å². The summed E-state index contributed by atoms with van der Waals surface area (Å²) in [7, 11) is 2.01. The van der Waals surface area contributed by atoms with Gasteiger partial charge in [0.05, 0.1) is 6.54 Å². The van der Waals surface area contributed by atoms with Crippen LogP contribution >= 0.6 is 0 Å². The van der Waals surface area contributed by atoms with Gasteiger partial charge in [0.2, 0.25) is 0 Å². The maximum absolute atomic E-state index is 12.1. The summed E-state index contributed by atoms with van der Waals surface area (Å²) < 4.78 is 0. The van der Waals surface area contributed by atoms with Crippen LogP contribution in [0.3, 0.4) is 0 Å². The van der Waals surface area contributed by atoms with E-state index in [0.29, 0.717) is 12.8 Å². The number of amides is 3. The second-order valence-corrected chi connectivity index (χ2v) is 4.41. The van der Waals surface area contributed by atoms with Crippen molar-refractivity contribution in [1.82, 2.24) is 15.1 Å². The van der Waals surface area contributed by atoms with Crippen molar-refractivity contribution in [3.63, 3.8) is 0 Å². The van der Waals surface area contributed by atoms with Gasteiger partial charge in [0, 0.05) is 13.1 Å². The van der Waals surface area contributed by atoms with E-state index in [1.807, 2.05) is 7.05 Å². The maximum Gasteiger partial charge on any atom is 0.325 e. The van der Waals surface area contributed by atoms with Crippen molar-refractivity contribution < 1.29 is 9.59 Å². The molecule has 5 nitrogen and oxygen atoms in total. The van der Waals surface area contributed by atoms with Gasteiger partial charge in [-0.1, -0.05) is 5.92 Å². The van der Waals surface area contributed by atoms with Crippen molar-refractivity contribution in [2.45, 2.75) is 18.4 Å². The summed E-state index contributed by atoms with van der Waals surface area (Å²) >= 11 is 0. The van der Waals surface area contributed by atoms with Gasteiger partial charge >= 0.3 is 6.03 Å². The first-order chi connectivity index (χ1) is 7.59. The predicted molar refractivity (Wildman–Crippen MR) is 58.5 cm³/mol. The fraction of sp³-hybridized carbons (Fsp3) is 0.636. The topological polar surface area (TPSA) is 52.7 Å². The van der Waals surface area contributed by atoms with Crippen LogP contribution in [0.4, 0.5) is 4.79 Å². The third-order valence-corrected chi connectivity index (χ3v) is 3.34. The zero-order valence-corrected chi connectivity index (χ0v) is 9.32. The number of terminal acetylenes is 1. The summed E-state index contributed by atoms with van der Waals surface area (Å²) in [6.45, 7) is 1.69. The van der Waals surface area contributed by atoms with Crippen LogP contribution in [0.2, 0.25) is 0 Å². The lowest BCUT2D eigenvalue weighted by Gasteiger charge is -2.35. The van der Waals surface area contributed by atoms with Gasteiger partial charge in [0.25, 0.3) is 5.91 Å². The highest BCUT2D eigenvalue weighted by atomic mass is 16.2. The predicted octanol–water partition coefficient (Wildman–Crippen LogP) is -0.364. The van der Waals surface area contributed by atoms with E-state index in [9.17, 15) is 9.59 Å². The number of imide groups is 1. The Kier molecular flexibility index (Phi) is 2.60. The van der Waals surface area contributed by atoms with Crippen molar-refractivity contribution in [3.05, 3.63) is 0 Å². The molecule has 2 aliphatic rings. The standard InChI is InChI=1S/C11H15N3O2/c1-3-6-14-9(15)11(12-10(14)16)4-7-13(2)8-5-11/h1H,4-8H2,2H3,(H,12,16). The summed E-state index contributed by atoms with van der Waals surface area (Å²) in [5.41, 5.74) is -0.694. The summed E-state index contributed by atoms with van der Waals surface area (Å²) in [5, 5.41) is 2.79. The van der Waals surface area contributed by atoms with E-state index in [-0.39, 0.29) is 18.5 Å². The molecule has 0 atom stereocenters. The highest BCUT2D eigenvalue weighted by Crippen LogP contribution is 2.28. The highest BCUT2D eigenvalue weighted by molar-refractivity contribution is 6.07. The average molecular weight is 221 g/mol. The second kappa shape index (κ2) is 3.80. The summed E-state index contributed by atoms with van der Waals surface area (Å²) in [5.74, 6) is 2.17. The van der Waals surface area contributed by atoms with Crippen LogP contribution < -0.4 is 5.32 Å². The largest absolute Gasteiger partial charge is 0.325 e. The molecular formula is C11H15N3O2. The Balaban J connectivity index is 2.17. The van der Waals surface area contributed by atoms with Gasteiger partial charge in [0.1, 0.15) is 5.54 Å². The Hall–Kier alpha value is -1.54. The fourth-order valence-corrected chi connectivity index (χ4v) is 2.25. The van der Waals surface area contributed by atoms with E-state index in [1.54, 1.807) is 0 Å². The number of nitrogens with zero attached hydrogens (tertiary/aromatic N) is 2. The molecule has 0 unspecified atom stereocenters. The quantitative estimate of drug-likeness (QED) is 0.486. The lowest BCUT2D eigenvalue weighted by molar-refractivity contribution is -0.132. The molecule has 3 amide bonds. The Morgan fingerprint density at radius 3 is 2.62 bits per heavy atom. The van der Waals surface area contributed by atoms with Gasteiger partial charge in [0.15, 0.2) is 0 Å². The molecule has 2 heterocycles. The van der Waals surface area contributed by atoms with E-state index < -0.39 is 5.54 Å². The molecule has 0 radical (unpaired) electrons. The number of hydrogen-bond donors (Lipinski definition) is 1. The SMILES string of the molecule is C#CCN1C(=O)NC2(CCN(C)CC2)C1=O. The van der Waals surface area contributed by atoms with Gasteiger partial charge in [-0.05, 0) is 19.9 Å². The summed E-state index contributed by atoms with van der Waals surface area (Å²) in [6, 6.07) is -0.354. The van der Waals surface area contributed by atoms with Gasteiger partial charge in [-0.2, -0.15) is 0 Å². The lowest BCUT2D eigenvalue weighted by Crippen LogP contribution is -2.54. The lowest BCUT2D eigenvalue weighted by atomic mass is 9.88. The number of carbonyl (C=O) groups excluding carboxylic acids is 2.